The molecule has 1 fully saturated rings. The van der Waals surface area contributed by atoms with Crippen LogP contribution < -0.4 is 5.32 Å². The standard InChI is InChI=1S/C14H13ClN2O2S/c15-10-3-1-2-4-11(10)16-14-17-13(18)12(20-14)9-5-7-19-8-6-9/h1-4H,5-8H2,(H,16,17,18). The van der Waals surface area contributed by atoms with Crippen LogP contribution in [0, 0.1) is 0 Å². The molecule has 2 heterocycles. The minimum Gasteiger partial charge on any atom is -0.381 e. The summed E-state index contributed by atoms with van der Waals surface area (Å²) in [6.45, 7) is 1.36. The highest BCUT2D eigenvalue weighted by Crippen LogP contribution is 2.34. The van der Waals surface area contributed by atoms with Crippen molar-refractivity contribution in [3.8, 4) is 0 Å². The highest BCUT2D eigenvalue weighted by Gasteiger charge is 2.26. The predicted molar refractivity (Wildman–Crippen MR) is 82.2 cm³/mol. The van der Waals surface area contributed by atoms with E-state index >= 15 is 0 Å². The van der Waals surface area contributed by atoms with Gasteiger partial charge in [-0.05, 0) is 42.3 Å². The van der Waals surface area contributed by atoms with Crippen LogP contribution in [0.5, 0.6) is 0 Å². The highest BCUT2D eigenvalue weighted by molar-refractivity contribution is 8.18. The van der Waals surface area contributed by atoms with E-state index in [0.29, 0.717) is 23.4 Å². The Morgan fingerprint density at radius 1 is 1.25 bits per heavy atom. The number of halogens is 1. The molecule has 3 rings (SSSR count). The Bertz CT molecular complexity index is 605. The van der Waals surface area contributed by atoms with Crippen LogP contribution in [0.3, 0.4) is 0 Å². The summed E-state index contributed by atoms with van der Waals surface area (Å²) >= 11 is 7.47. The topological polar surface area (TPSA) is 50.7 Å². The zero-order chi connectivity index (χ0) is 13.9. The first-order valence-electron chi connectivity index (χ1n) is 6.36. The summed E-state index contributed by atoms with van der Waals surface area (Å²) in [4.78, 5) is 16.8. The maximum absolute atomic E-state index is 12.0. The van der Waals surface area contributed by atoms with Gasteiger partial charge >= 0.3 is 0 Å². The molecule has 1 N–H and O–H groups in total. The van der Waals surface area contributed by atoms with Crippen LogP contribution in [0.2, 0.25) is 5.02 Å². The van der Waals surface area contributed by atoms with Crippen molar-refractivity contribution in [2.45, 2.75) is 12.8 Å². The van der Waals surface area contributed by atoms with E-state index in [2.05, 4.69) is 10.3 Å². The Morgan fingerprint density at radius 3 is 2.75 bits per heavy atom. The molecular weight excluding hydrogens is 296 g/mol. The average molecular weight is 309 g/mol. The van der Waals surface area contributed by atoms with Gasteiger partial charge in [0.2, 0.25) is 0 Å². The Kier molecular flexibility index (Phi) is 4.10. The normalized spacial score (nSPS) is 19.2. The lowest BCUT2D eigenvalue weighted by Crippen LogP contribution is -2.10. The molecule has 0 atom stereocenters. The van der Waals surface area contributed by atoms with Crippen molar-refractivity contribution >= 4 is 40.1 Å². The fourth-order valence-electron chi connectivity index (χ4n) is 2.11. The van der Waals surface area contributed by atoms with Gasteiger partial charge in [0.25, 0.3) is 5.91 Å². The van der Waals surface area contributed by atoms with E-state index in [4.69, 9.17) is 16.3 Å². The van der Waals surface area contributed by atoms with E-state index in [-0.39, 0.29) is 5.91 Å². The van der Waals surface area contributed by atoms with E-state index in [1.54, 1.807) is 6.07 Å². The molecule has 0 aromatic heterocycles. The van der Waals surface area contributed by atoms with Gasteiger partial charge in [0.05, 0.1) is 28.8 Å². The zero-order valence-corrected chi connectivity index (χ0v) is 12.3. The molecule has 1 amide bonds. The Balaban J connectivity index is 1.76. The van der Waals surface area contributed by atoms with Gasteiger partial charge < -0.3 is 10.1 Å². The molecule has 0 spiro atoms. The summed E-state index contributed by atoms with van der Waals surface area (Å²) in [5.74, 6) is -0.165. The molecule has 0 saturated carbocycles. The van der Waals surface area contributed by atoms with Crippen LogP contribution >= 0.6 is 23.4 Å². The van der Waals surface area contributed by atoms with Gasteiger partial charge in [0.1, 0.15) is 0 Å². The summed E-state index contributed by atoms with van der Waals surface area (Å²) in [6, 6.07) is 7.39. The number of carbonyl (C=O) groups excluding carboxylic acids is 1. The second-order valence-corrected chi connectivity index (χ2v) is 5.88. The number of amides is 1. The Labute approximate surface area is 126 Å². The van der Waals surface area contributed by atoms with Crippen molar-refractivity contribution in [3.63, 3.8) is 0 Å². The first-order valence-corrected chi connectivity index (χ1v) is 7.55. The monoisotopic (exact) mass is 308 g/mol. The van der Waals surface area contributed by atoms with Gasteiger partial charge in [-0.15, -0.1) is 0 Å². The summed E-state index contributed by atoms with van der Waals surface area (Å²) in [6.07, 6.45) is 1.62. The average Bonchev–Trinajstić information content (AvgIpc) is 2.83. The van der Waals surface area contributed by atoms with E-state index in [1.165, 1.54) is 11.8 Å². The van der Waals surface area contributed by atoms with Crippen molar-refractivity contribution in [1.82, 2.24) is 0 Å². The third-order valence-electron chi connectivity index (χ3n) is 3.13. The number of ether oxygens (including phenoxy) is 1. The quantitative estimate of drug-likeness (QED) is 0.807. The van der Waals surface area contributed by atoms with Crippen molar-refractivity contribution in [3.05, 3.63) is 39.8 Å². The number of thioether (sulfide) groups is 1. The number of amidine groups is 1. The molecule has 0 aliphatic carbocycles. The minimum absolute atomic E-state index is 0.165. The third-order valence-corrected chi connectivity index (χ3v) is 4.51. The van der Waals surface area contributed by atoms with Gasteiger partial charge in [0.15, 0.2) is 5.17 Å². The summed E-state index contributed by atoms with van der Waals surface area (Å²) in [5.41, 5.74) is 1.90. The van der Waals surface area contributed by atoms with E-state index in [0.717, 1.165) is 29.0 Å². The lowest BCUT2D eigenvalue weighted by molar-refractivity contribution is -0.113. The van der Waals surface area contributed by atoms with Crippen molar-refractivity contribution in [2.24, 2.45) is 4.99 Å². The lowest BCUT2D eigenvalue weighted by Gasteiger charge is -2.16. The fourth-order valence-corrected chi connectivity index (χ4v) is 3.25. The van der Waals surface area contributed by atoms with Crippen molar-refractivity contribution in [1.29, 1.82) is 0 Å². The van der Waals surface area contributed by atoms with Crippen LogP contribution in [0.4, 0.5) is 5.69 Å². The molecule has 2 aliphatic heterocycles. The maximum atomic E-state index is 12.0. The van der Waals surface area contributed by atoms with Crippen LogP contribution in [0.25, 0.3) is 0 Å². The van der Waals surface area contributed by atoms with Crippen LogP contribution in [0.15, 0.2) is 39.7 Å². The number of carbonyl (C=O) groups is 1. The summed E-state index contributed by atoms with van der Waals surface area (Å²) in [7, 11) is 0. The minimum atomic E-state index is -0.165. The molecular formula is C14H13ClN2O2S. The number of para-hydroxylation sites is 1. The van der Waals surface area contributed by atoms with Crippen molar-refractivity contribution in [2.75, 3.05) is 18.5 Å². The number of hydrogen-bond acceptors (Lipinski definition) is 4. The molecule has 0 bridgehead atoms. The SMILES string of the molecule is O=C1N=C(Nc2ccccc2Cl)SC1=C1CCOCC1. The van der Waals surface area contributed by atoms with Crippen molar-refractivity contribution < 1.29 is 9.53 Å². The molecule has 2 aliphatic rings. The molecule has 4 nitrogen and oxygen atoms in total. The number of benzene rings is 1. The van der Waals surface area contributed by atoms with Crippen LogP contribution in [-0.2, 0) is 9.53 Å². The molecule has 1 saturated heterocycles. The molecule has 104 valence electrons. The number of rotatable bonds is 1. The van der Waals surface area contributed by atoms with Gasteiger partial charge in [-0.2, -0.15) is 4.99 Å². The maximum Gasteiger partial charge on any atom is 0.286 e. The number of nitrogens with zero attached hydrogens (tertiary/aromatic N) is 1. The summed E-state index contributed by atoms with van der Waals surface area (Å²) in [5, 5.41) is 4.29. The van der Waals surface area contributed by atoms with E-state index < -0.39 is 0 Å². The smallest absolute Gasteiger partial charge is 0.286 e. The third kappa shape index (κ3) is 2.90. The zero-order valence-electron chi connectivity index (χ0n) is 10.7. The van der Waals surface area contributed by atoms with Gasteiger partial charge in [-0.3, -0.25) is 4.79 Å². The number of anilines is 1. The lowest BCUT2D eigenvalue weighted by atomic mass is 10.1. The highest BCUT2D eigenvalue weighted by atomic mass is 35.5. The van der Waals surface area contributed by atoms with Gasteiger partial charge in [-0.25, -0.2) is 0 Å². The second kappa shape index (κ2) is 5.99. The van der Waals surface area contributed by atoms with E-state index in [9.17, 15) is 4.79 Å². The number of hydrogen-bond donors (Lipinski definition) is 1. The molecule has 0 unspecified atom stereocenters. The first-order chi connectivity index (χ1) is 9.74. The van der Waals surface area contributed by atoms with Gasteiger partial charge in [-0.1, -0.05) is 23.7 Å². The van der Waals surface area contributed by atoms with Crippen LogP contribution in [0.1, 0.15) is 12.8 Å². The van der Waals surface area contributed by atoms with E-state index in [1.807, 2.05) is 18.2 Å². The Morgan fingerprint density at radius 2 is 2.00 bits per heavy atom. The molecule has 20 heavy (non-hydrogen) atoms. The first kappa shape index (κ1) is 13.7. The summed E-state index contributed by atoms with van der Waals surface area (Å²) < 4.78 is 5.31. The molecule has 1 aromatic rings. The fraction of sp³-hybridized carbons (Fsp3) is 0.286. The molecule has 6 heteroatoms. The molecule has 0 radical (unpaired) electrons. The largest absolute Gasteiger partial charge is 0.381 e. The van der Waals surface area contributed by atoms with Gasteiger partial charge in [0, 0.05) is 0 Å². The number of nitrogens with one attached hydrogen (secondary N) is 1. The second-order valence-electron chi connectivity index (χ2n) is 4.47. The van der Waals surface area contributed by atoms with Crippen LogP contribution in [-0.4, -0.2) is 24.3 Å². The predicted octanol–water partition coefficient (Wildman–Crippen LogP) is 3.45. The number of aliphatic imine (C=N–C) groups is 1. The molecule has 1 aromatic carbocycles. The Hall–Kier alpha value is -1.30.